The van der Waals surface area contributed by atoms with Crippen LogP contribution in [0, 0.1) is 5.82 Å². The molecular formula is C24H33FN6+2. The Morgan fingerprint density at radius 3 is 2.35 bits per heavy atom. The van der Waals surface area contributed by atoms with Gasteiger partial charge < -0.3 is 9.80 Å². The predicted octanol–water partition coefficient (Wildman–Crippen LogP) is 1.03. The van der Waals surface area contributed by atoms with Crippen molar-refractivity contribution in [2.45, 2.75) is 45.3 Å². The maximum Gasteiger partial charge on any atom is 0.214 e. The maximum absolute atomic E-state index is 15.0. The standard InChI is InChI=1S/C24H31FN6/c1-4-24(2,3)31-23(26-27-28-31)22(20-12-8-9-13-21(20)25)30-16-14-29(15-17-30)18-19-10-6-5-7-11-19/h5-13,22H,4,14-18H2,1-3H3/p+2/t22-/m0/s1. The minimum Gasteiger partial charge on any atom is -0.322 e. The van der Waals surface area contributed by atoms with Gasteiger partial charge in [-0.15, -0.1) is 5.10 Å². The van der Waals surface area contributed by atoms with Gasteiger partial charge in [0.15, 0.2) is 6.04 Å². The van der Waals surface area contributed by atoms with E-state index >= 15 is 0 Å². The molecule has 2 aromatic carbocycles. The Labute approximate surface area is 183 Å². The lowest BCUT2D eigenvalue weighted by Gasteiger charge is -2.35. The van der Waals surface area contributed by atoms with E-state index in [4.69, 9.17) is 0 Å². The first-order valence-corrected chi connectivity index (χ1v) is 11.2. The van der Waals surface area contributed by atoms with E-state index in [2.05, 4.69) is 66.6 Å². The van der Waals surface area contributed by atoms with Crippen molar-refractivity contribution >= 4 is 0 Å². The highest BCUT2D eigenvalue weighted by Gasteiger charge is 2.39. The smallest absolute Gasteiger partial charge is 0.214 e. The molecule has 4 rings (SSSR count). The van der Waals surface area contributed by atoms with E-state index in [9.17, 15) is 4.39 Å². The molecule has 1 fully saturated rings. The zero-order valence-electron chi connectivity index (χ0n) is 18.7. The minimum absolute atomic E-state index is 0.192. The molecule has 0 saturated carbocycles. The van der Waals surface area contributed by atoms with Crippen LogP contribution in [0.25, 0.3) is 0 Å². The topological polar surface area (TPSA) is 52.5 Å². The molecule has 1 aliphatic heterocycles. The van der Waals surface area contributed by atoms with Crippen LogP contribution < -0.4 is 9.80 Å². The molecule has 31 heavy (non-hydrogen) atoms. The lowest BCUT2D eigenvalue weighted by Crippen LogP contribution is -3.27. The number of nitrogens with one attached hydrogen (secondary N) is 2. The minimum atomic E-state index is -0.234. The van der Waals surface area contributed by atoms with Gasteiger partial charge in [0, 0.05) is 5.56 Å². The van der Waals surface area contributed by atoms with Crippen LogP contribution >= 0.6 is 0 Å². The molecule has 7 heteroatoms. The van der Waals surface area contributed by atoms with Crippen molar-refractivity contribution in [1.82, 2.24) is 20.2 Å². The molecule has 0 bridgehead atoms. The number of quaternary nitrogens is 2. The van der Waals surface area contributed by atoms with E-state index in [1.165, 1.54) is 16.5 Å². The van der Waals surface area contributed by atoms with E-state index in [1.807, 2.05) is 16.8 Å². The first-order chi connectivity index (χ1) is 15.0. The Bertz CT molecular complexity index is 978. The average Bonchev–Trinajstić information content (AvgIpc) is 3.28. The van der Waals surface area contributed by atoms with Gasteiger partial charge in [0.25, 0.3) is 0 Å². The number of hydrogen-bond donors (Lipinski definition) is 2. The first-order valence-electron chi connectivity index (χ1n) is 11.2. The Kier molecular flexibility index (Phi) is 6.43. The number of benzene rings is 2. The average molecular weight is 425 g/mol. The van der Waals surface area contributed by atoms with Crippen molar-refractivity contribution in [3.05, 3.63) is 77.4 Å². The monoisotopic (exact) mass is 424 g/mol. The number of piperazine rings is 1. The molecular weight excluding hydrogens is 391 g/mol. The van der Waals surface area contributed by atoms with E-state index < -0.39 is 0 Å². The molecule has 0 spiro atoms. The van der Waals surface area contributed by atoms with Crippen LogP contribution in [0.2, 0.25) is 0 Å². The van der Waals surface area contributed by atoms with Crippen LogP contribution in [0.1, 0.15) is 50.2 Å². The van der Waals surface area contributed by atoms with E-state index in [0.717, 1.165) is 45.0 Å². The van der Waals surface area contributed by atoms with Crippen LogP contribution in [0.4, 0.5) is 4.39 Å². The second-order valence-electron chi connectivity index (χ2n) is 9.14. The fourth-order valence-corrected chi connectivity index (χ4v) is 4.48. The Hall–Kier alpha value is -2.64. The lowest BCUT2D eigenvalue weighted by atomic mass is 9.98. The third-order valence-corrected chi connectivity index (χ3v) is 6.71. The first kappa shape index (κ1) is 21.6. The van der Waals surface area contributed by atoms with Crippen molar-refractivity contribution in [2.24, 2.45) is 0 Å². The van der Waals surface area contributed by atoms with Gasteiger partial charge in [-0.1, -0.05) is 49.4 Å². The molecule has 0 unspecified atom stereocenters. The number of tetrazole rings is 1. The molecule has 6 nitrogen and oxygen atoms in total. The molecule has 0 amide bonds. The predicted molar refractivity (Wildman–Crippen MR) is 117 cm³/mol. The molecule has 0 radical (unpaired) electrons. The highest BCUT2D eigenvalue weighted by atomic mass is 19.1. The number of aromatic nitrogens is 4. The summed E-state index contributed by atoms with van der Waals surface area (Å²) in [6, 6.07) is 17.5. The van der Waals surface area contributed by atoms with Gasteiger partial charge in [-0.05, 0) is 42.8 Å². The molecule has 2 N–H and O–H groups in total. The quantitative estimate of drug-likeness (QED) is 0.596. The number of nitrogens with zero attached hydrogens (tertiary/aromatic N) is 4. The molecule has 1 aliphatic rings. The Morgan fingerprint density at radius 1 is 1.00 bits per heavy atom. The largest absolute Gasteiger partial charge is 0.322 e. The molecule has 3 aromatic rings. The summed E-state index contributed by atoms with van der Waals surface area (Å²) >= 11 is 0. The SMILES string of the molecule is CCC(C)(C)n1nnnc1[C@H](c1ccccc1F)[NH+]1CC[NH+](Cc2ccccc2)CC1. The lowest BCUT2D eigenvalue weighted by molar-refractivity contribution is -1.03. The summed E-state index contributed by atoms with van der Waals surface area (Å²) in [5.74, 6) is 0.557. The highest BCUT2D eigenvalue weighted by Crippen LogP contribution is 2.26. The summed E-state index contributed by atoms with van der Waals surface area (Å²) in [6.45, 7) is 11.4. The second-order valence-corrected chi connectivity index (χ2v) is 9.14. The van der Waals surface area contributed by atoms with E-state index in [1.54, 1.807) is 11.0 Å². The van der Waals surface area contributed by atoms with Crippen LogP contribution in [0.5, 0.6) is 0 Å². The summed E-state index contributed by atoms with van der Waals surface area (Å²) in [6.07, 6.45) is 0.888. The second kappa shape index (κ2) is 9.24. The summed E-state index contributed by atoms with van der Waals surface area (Å²) in [4.78, 5) is 2.89. The molecule has 1 aromatic heterocycles. The molecule has 0 aliphatic carbocycles. The molecule has 164 valence electrons. The summed E-state index contributed by atoms with van der Waals surface area (Å²) in [5.41, 5.74) is 1.80. The number of hydrogen-bond acceptors (Lipinski definition) is 3. The van der Waals surface area contributed by atoms with Crippen LogP contribution in [-0.2, 0) is 12.1 Å². The normalized spacial score (nSPS) is 20.5. The zero-order valence-corrected chi connectivity index (χ0v) is 18.7. The van der Waals surface area contributed by atoms with Gasteiger partial charge in [-0.2, -0.15) is 0 Å². The van der Waals surface area contributed by atoms with Crippen LogP contribution in [0.3, 0.4) is 0 Å². The van der Waals surface area contributed by atoms with Crippen LogP contribution in [0.15, 0.2) is 54.6 Å². The number of rotatable bonds is 7. The third kappa shape index (κ3) is 4.67. The van der Waals surface area contributed by atoms with Crippen molar-refractivity contribution in [3.63, 3.8) is 0 Å². The van der Waals surface area contributed by atoms with Gasteiger partial charge in [-0.3, -0.25) is 0 Å². The maximum atomic E-state index is 15.0. The van der Waals surface area contributed by atoms with Crippen molar-refractivity contribution in [3.8, 4) is 0 Å². The summed E-state index contributed by atoms with van der Waals surface area (Å²) in [7, 11) is 0. The van der Waals surface area contributed by atoms with Crippen LogP contribution in [-0.4, -0.2) is 46.4 Å². The van der Waals surface area contributed by atoms with E-state index in [-0.39, 0.29) is 17.4 Å². The van der Waals surface area contributed by atoms with Crippen molar-refractivity contribution in [2.75, 3.05) is 26.2 Å². The van der Waals surface area contributed by atoms with Gasteiger partial charge >= 0.3 is 0 Å². The van der Waals surface area contributed by atoms with Gasteiger partial charge in [0.05, 0.1) is 11.1 Å². The van der Waals surface area contributed by atoms with Gasteiger partial charge in [-0.25, -0.2) is 9.07 Å². The third-order valence-electron chi connectivity index (χ3n) is 6.71. The van der Waals surface area contributed by atoms with E-state index in [0.29, 0.717) is 5.56 Å². The fourth-order valence-electron chi connectivity index (χ4n) is 4.48. The fraction of sp³-hybridized carbons (Fsp3) is 0.458. The Morgan fingerprint density at radius 2 is 1.68 bits per heavy atom. The Balaban J connectivity index is 1.60. The molecule has 1 saturated heterocycles. The van der Waals surface area contributed by atoms with Crippen molar-refractivity contribution in [1.29, 1.82) is 0 Å². The zero-order chi connectivity index (χ0) is 21.8. The highest BCUT2D eigenvalue weighted by molar-refractivity contribution is 5.24. The van der Waals surface area contributed by atoms with Gasteiger partial charge in [0.1, 0.15) is 38.5 Å². The van der Waals surface area contributed by atoms with Crippen molar-refractivity contribution < 1.29 is 14.2 Å². The molecule has 1 atom stereocenters. The number of halogens is 1. The molecule has 2 heterocycles. The summed E-state index contributed by atoms with van der Waals surface area (Å²) < 4.78 is 16.9. The summed E-state index contributed by atoms with van der Waals surface area (Å²) in [5, 5.41) is 12.7. The van der Waals surface area contributed by atoms with Gasteiger partial charge in [0.2, 0.25) is 5.82 Å².